The van der Waals surface area contributed by atoms with Crippen molar-refractivity contribution in [2.45, 2.75) is 6.92 Å². The number of methoxy groups -OCH3 is 4. The summed E-state index contributed by atoms with van der Waals surface area (Å²) in [6.45, 7) is 1.85. The molecule has 0 spiro atoms. The number of nitrogens with two attached hydrogens (primary N) is 1. The van der Waals surface area contributed by atoms with Crippen molar-refractivity contribution in [3.63, 3.8) is 0 Å². The first-order valence-electron chi connectivity index (χ1n) is 16.0. The predicted molar refractivity (Wildman–Crippen MR) is 212 cm³/mol. The average molecular weight is 804 g/mol. The van der Waals surface area contributed by atoms with Gasteiger partial charge in [-0.05, 0) is 60.9 Å². The summed E-state index contributed by atoms with van der Waals surface area (Å²) in [5.74, 6) is 3.90. The molecular formula is C37H32Cl2N8O7S. The quantitative estimate of drug-likeness (QED) is 0.111. The largest absolute Gasteiger partial charge is 0.493 e. The minimum Gasteiger partial charge on any atom is -0.493 e. The number of hydrogen-bond donors (Lipinski definition) is 3. The Labute approximate surface area is 328 Å². The first-order chi connectivity index (χ1) is 26.6. The molecule has 282 valence electrons. The third-order valence-electron chi connectivity index (χ3n) is 7.66. The van der Waals surface area contributed by atoms with Crippen LogP contribution in [-0.2, 0) is 0 Å². The molecule has 4 aromatic carbocycles. The number of aryl methyl sites for hydroxylation is 1. The maximum absolute atomic E-state index is 12.2. The van der Waals surface area contributed by atoms with Crippen LogP contribution in [0.5, 0.6) is 46.3 Å². The highest BCUT2D eigenvalue weighted by atomic mass is 35.5. The van der Waals surface area contributed by atoms with Gasteiger partial charge < -0.3 is 39.5 Å². The lowest BCUT2D eigenvalue weighted by atomic mass is 10.2. The Kier molecular flexibility index (Phi) is 12.0. The van der Waals surface area contributed by atoms with E-state index >= 15 is 0 Å². The number of nitrogens with zero attached hydrogens (tertiary/aromatic N) is 5. The van der Waals surface area contributed by atoms with Crippen LogP contribution in [0.15, 0.2) is 79.4 Å². The van der Waals surface area contributed by atoms with Crippen molar-refractivity contribution in [1.29, 1.82) is 0 Å². The van der Waals surface area contributed by atoms with Crippen molar-refractivity contribution in [3.05, 3.63) is 95.1 Å². The van der Waals surface area contributed by atoms with Crippen LogP contribution >= 0.6 is 34.7 Å². The minimum absolute atomic E-state index is 0.302. The Balaban J connectivity index is 0.000000197. The van der Waals surface area contributed by atoms with E-state index in [4.69, 9.17) is 57.4 Å². The molecule has 0 aliphatic carbocycles. The van der Waals surface area contributed by atoms with Crippen LogP contribution in [-0.4, -0.2) is 58.8 Å². The highest BCUT2D eigenvalue weighted by molar-refractivity contribution is 7.10. The van der Waals surface area contributed by atoms with E-state index in [0.29, 0.717) is 94.5 Å². The van der Waals surface area contributed by atoms with Crippen molar-refractivity contribution in [3.8, 4) is 46.3 Å². The zero-order chi connectivity index (χ0) is 39.1. The number of ether oxygens (including phenoxy) is 6. The molecule has 18 heteroatoms. The van der Waals surface area contributed by atoms with Crippen LogP contribution in [0.2, 0.25) is 10.0 Å². The molecule has 3 heterocycles. The van der Waals surface area contributed by atoms with Crippen LogP contribution in [0, 0.1) is 6.92 Å². The molecule has 7 aromatic rings. The second kappa shape index (κ2) is 17.2. The van der Waals surface area contributed by atoms with Gasteiger partial charge in [0.1, 0.15) is 29.2 Å². The Morgan fingerprint density at radius 3 is 1.64 bits per heavy atom. The van der Waals surface area contributed by atoms with Gasteiger partial charge in [-0.2, -0.15) is 4.37 Å². The maximum atomic E-state index is 12.2. The van der Waals surface area contributed by atoms with Gasteiger partial charge in [-0.15, -0.1) is 0 Å². The number of anilines is 3. The molecule has 15 nitrogen and oxygen atoms in total. The average Bonchev–Trinajstić information content (AvgIpc) is 3.60. The zero-order valence-electron chi connectivity index (χ0n) is 29.8. The fraction of sp³-hybridized carbons (Fsp3) is 0.135. The number of aromatic nitrogens is 5. The van der Waals surface area contributed by atoms with Crippen molar-refractivity contribution >= 4 is 78.9 Å². The van der Waals surface area contributed by atoms with Crippen LogP contribution < -0.4 is 44.8 Å². The fourth-order valence-corrected chi connectivity index (χ4v) is 6.07. The molecule has 55 heavy (non-hydrogen) atoms. The highest BCUT2D eigenvalue weighted by Gasteiger charge is 2.15. The molecule has 0 bridgehead atoms. The summed E-state index contributed by atoms with van der Waals surface area (Å²) in [6.07, 6.45) is 2.81. The number of halogens is 2. The summed E-state index contributed by atoms with van der Waals surface area (Å²) in [6, 6.07) is 18.3. The summed E-state index contributed by atoms with van der Waals surface area (Å²) in [4.78, 5) is 29.1. The second-order valence-electron chi connectivity index (χ2n) is 11.2. The molecule has 0 fully saturated rings. The highest BCUT2D eigenvalue weighted by Crippen LogP contribution is 2.38. The molecule has 0 aliphatic rings. The molecule has 0 saturated heterocycles. The maximum Gasteiger partial charge on any atom is 0.324 e. The third kappa shape index (κ3) is 9.06. The lowest BCUT2D eigenvalue weighted by Gasteiger charge is -2.12. The van der Waals surface area contributed by atoms with E-state index in [1.54, 1.807) is 95.2 Å². The Bertz CT molecular complexity index is 2510. The number of benzene rings is 4. The number of hydrogen-bond acceptors (Lipinski definition) is 14. The molecular weight excluding hydrogens is 771 g/mol. The predicted octanol–water partition coefficient (Wildman–Crippen LogP) is 9.18. The normalized spacial score (nSPS) is 10.6. The lowest BCUT2D eigenvalue weighted by molar-refractivity contribution is 0.262. The Hall–Kier alpha value is -6.36. The van der Waals surface area contributed by atoms with Gasteiger partial charge in [-0.1, -0.05) is 23.2 Å². The van der Waals surface area contributed by atoms with E-state index in [0.717, 1.165) is 5.69 Å². The number of amides is 2. The standard InChI is InChI=1S/C21H18ClN5O4S.C16H14ClN3O3/c1-11-6-19(32-27-11)26-21(28)25-15-5-4-12(7-14(15)22)31-20-13-8-17(29-2)18(30-3)9-16(13)23-10-24-20;1-21-14-6-10-13(7-15(14)22-2)19-8-20-16(10)23-9-3-4-12(18)11(17)5-9/h4-10H,1-3H3,(H2,25,26,28);3-8H,18H2,1-2H3. The fourth-order valence-electron chi connectivity index (χ4n) is 5.02. The second-order valence-corrected chi connectivity index (χ2v) is 12.9. The van der Waals surface area contributed by atoms with Crippen molar-refractivity contribution in [1.82, 2.24) is 24.3 Å². The molecule has 4 N–H and O–H groups in total. The molecule has 0 saturated carbocycles. The first-order valence-corrected chi connectivity index (χ1v) is 17.6. The SMILES string of the molecule is COc1cc2ncnc(Oc3ccc(N)c(Cl)c3)c2cc1OC.COc1cc2ncnc(Oc3ccc(NC(=O)Nc4cc(C)ns4)c(Cl)c3)c2cc1OC. The van der Waals surface area contributed by atoms with Gasteiger partial charge in [0.05, 0.1) is 77.4 Å². The summed E-state index contributed by atoms with van der Waals surface area (Å²) >= 11 is 13.6. The van der Waals surface area contributed by atoms with E-state index < -0.39 is 6.03 Å². The molecule has 0 atom stereocenters. The van der Waals surface area contributed by atoms with Crippen molar-refractivity contribution in [2.75, 3.05) is 44.8 Å². The third-order valence-corrected chi connectivity index (χ3v) is 9.10. The molecule has 0 unspecified atom stereocenters. The number of rotatable bonds is 10. The van der Waals surface area contributed by atoms with Crippen molar-refractivity contribution < 1.29 is 33.2 Å². The van der Waals surface area contributed by atoms with Gasteiger partial charge in [0.2, 0.25) is 11.8 Å². The lowest BCUT2D eigenvalue weighted by Crippen LogP contribution is -2.18. The van der Waals surface area contributed by atoms with Crippen LogP contribution in [0.25, 0.3) is 21.8 Å². The van der Waals surface area contributed by atoms with Gasteiger partial charge in [-0.3, -0.25) is 5.32 Å². The number of fused-ring (bicyclic) bond motifs is 2. The summed E-state index contributed by atoms with van der Waals surface area (Å²) in [5, 5.41) is 8.10. The van der Waals surface area contributed by atoms with Gasteiger partial charge in [-0.25, -0.2) is 24.7 Å². The zero-order valence-corrected chi connectivity index (χ0v) is 32.2. The molecule has 0 aliphatic heterocycles. The van der Waals surface area contributed by atoms with E-state index in [1.807, 2.05) is 6.92 Å². The topological polar surface area (TPSA) is 187 Å². The van der Waals surface area contributed by atoms with Crippen molar-refractivity contribution in [2.24, 2.45) is 0 Å². The monoisotopic (exact) mass is 802 g/mol. The van der Waals surface area contributed by atoms with Crippen LogP contribution in [0.3, 0.4) is 0 Å². The number of carbonyl (C=O) groups excluding carboxylic acids is 1. The van der Waals surface area contributed by atoms with E-state index in [2.05, 4.69) is 34.9 Å². The number of carbonyl (C=O) groups is 1. The number of nitrogen functional groups attached to an aromatic ring is 1. The van der Waals surface area contributed by atoms with E-state index in [1.165, 1.54) is 24.2 Å². The Morgan fingerprint density at radius 1 is 0.655 bits per heavy atom. The van der Waals surface area contributed by atoms with Crippen LogP contribution in [0.4, 0.5) is 21.2 Å². The van der Waals surface area contributed by atoms with Crippen LogP contribution in [0.1, 0.15) is 5.69 Å². The smallest absolute Gasteiger partial charge is 0.324 e. The summed E-state index contributed by atoms with van der Waals surface area (Å²) in [7, 11) is 6.23. The molecule has 3 aromatic heterocycles. The van der Waals surface area contributed by atoms with E-state index in [-0.39, 0.29) is 0 Å². The van der Waals surface area contributed by atoms with Gasteiger partial charge in [0.25, 0.3) is 0 Å². The summed E-state index contributed by atoms with van der Waals surface area (Å²) in [5.41, 5.74) is 8.75. The number of nitrogens with one attached hydrogen (secondary N) is 2. The molecule has 7 rings (SSSR count). The Morgan fingerprint density at radius 2 is 1.16 bits per heavy atom. The molecule has 0 radical (unpaired) electrons. The van der Waals surface area contributed by atoms with Gasteiger partial charge >= 0.3 is 6.03 Å². The summed E-state index contributed by atoms with van der Waals surface area (Å²) < 4.78 is 37.1. The number of urea groups is 1. The van der Waals surface area contributed by atoms with Gasteiger partial charge in [0.15, 0.2) is 23.0 Å². The van der Waals surface area contributed by atoms with E-state index in [9.17, 15) is 4.79 Å². The minimum atomic E-state index is -0.424. The van der Waals surface area contributed by atoms with Gasteiger partial charge in [0, 0.05) is 24.3 Å². The molecule has 2 amide bonds. The first kappa shape index (κ1) is 38.4.